The number of nitrogens with one attached hydrogen (secondary N) is 2. The van der Waals surface area contributed by atoms with E-state index in [9.17, 15) is 22.8 Å². The summed E-state index contributed by atoms with van der Waals surface area (Å²) in [6.45, 7) is 4.92. The van der Waals surface area contributed by atoms with E-state index in [1.165, 1.54) is 25.1 Å². The number of sulfonamides is 1. The predicted octanol–water partition coefficient (Wildman–Crippen LogP) is 2.34. The van der Waals surface area contributed by atoms with Crippen LogP contribution in [0.2, 0.25) is 0 Å². The maximum atomic E-state index is 13.0. The molecule has 0 aliphatic rings. The Morgan fingerprint density at radius 2 is 1.91 bits per heavy atom. The van der Waals surface area contributed by atoms with Gasteiger partial charge in [-0.1, -0.05) is 18.2 Å². The lowest BCUT2D eigenvalue weighted by molar-refractivity contribution is -0.138. The van der Waals surface area contributed by atoms with E-state index in [-0.39, 0.29) is 28.9 Å². The van der Waals surface area contributed by atoms with Crippen LogP contribution in [0.4, 0.5) is 5.69 Å². The molecular formula is C23H26N4O7S. The molecule has 3 aromatic rings. The van der Waals surface area contributed by atoms with Crippen LogP contribution in [0.25, 0.3) is 10.9 Å². The number of para-hydroxylation sites is 1. The Bertz CT molecular complexity index is 1350. The van der Waals surface area contributed by atoms with E-state index in [1.54, 1.807) is 17.8 Å². The van der Waals surface area contributed by atoms with Gasteiger partial charge in [-0.3, -0.25) is 14.3 Å². The van der Waals surface area contributed by atoms with Crippen molar-refractivity contribution < 1.29 is 32.6 Å². The van der Waals surface area contributed by atoms with Crippen LogP contribution in [-0.2, 0) is 24.4 Å². The Kier molecular flexibility index (Phi) is 7.87. The van der Waals surface area contributed by atoms with Gasteiger partial charge in [0.2, 0.25) is 15.9 Å². The number of hydrogen-bond acceptors (Lipinski definition) is 7. The van der Waals surface area contributed by atoms with Crippen LogP contribution in [0.3, 0.4) is 0 Å². The molecule has 1 aromatic heterocycles. The van der Waals surface area contributed by atoms with Gasteiger partial charge in [-0.15, -0.1) is 0 Å². The topological polar surface area (TPSA) is 157 Å². The van der Waals surface area contributed by atoms with Crippen LogP contribution in [0.15, 0.2) is 53.6 Å². The van der Waals surface area contributed by atoms with Crippen molar-refractivity contribution in [3.8, 4) is 5.75 Å². The molecule has 2 aromatic carbocycles. The molecular weight excluding hydrogens is 476 g/mol. The lowest BCUT2D eigenvalue weighted by Gasteiger charge is -2.24. The molecule has 0 spiro atoms. The number of ether oxygens (including phenoxy) is 1. The number of nitrogens with zero attached hydrogens (tertiary/aromatic N) is 2. The molecule has 11 nitrogen and oxygen atoms in total. The van der Waals surface area contributed by atoms with Crippen LogP contribution in [0.1, 0.15) is 33.2 Å². The van der Waals surface area contributed by atoms with Crippen LogP contribution < -0.4 is 14.8 Å². The number of aldehydes is 1. The summed E-state index contributed by atoms with van der Waals surface area (Å²) in [5.41, 5.74) is 1.17. The average Bonchev–Trinajstić information content (AvgIpc) is 3.21. The van der Waals surface area contributed by atoms with E-state index >= 15 is 0 Å². The fraction of sp³-hybridized carbons (Fsp3) is 0.304. The zero-order chi connectivity index (χ0) is 25.8. The van der Waals surface area contributed by atoms with Crippen molar-refractivity contribution in [3.63, 3.8) is 0 Å². The molecule has 12 heteroatoms. The second kappa shape index (κ2) is 10.7. The molecule has 0 fully saturated rings. The van der Waals surface area contributed by atoms with Gasteiger partial charge in [-0.05, 0) is 32.0 Å². The number of carboxylic acids is 1. The first-order chi connectivity index (χ1) is 16.5. The summed E-state index contributed by atoms with van der Waals surface area (Å²) in [7, 11) is -4.36. The van der Waals surface area contributed by atoms with Crippen LogP contribution in [0, 0.1) is 0 Å². The number of hydrogen-bond donors (Lipinski definition) is 3. The smallest absolute Gasteiger partial charge is 0.305 e. The first-order valence-corrected chi connectivity index (χ1v) is 12.2. The van der Waals surface area contributed by atoms with Gasteiger partial charge < -0.3 is 20.0 Å². The zero-order valence-electron chi connectivity index (χ0n) is 19.3. The normalized spacial score (nSPS) is 14.1. The molecule has 0 saturated heterocycles. The number of aliphatic carboxylic acids is 1. The monoisotopic (exact) mass is 502 g/mol. The number of carbonyl (C=O) groups is 3. The Labute approximate surface area is 202 Å². The number of benzene rings is 2. The molecule has 0 aliphatic heterocycles. The van der Waals surface area contributed by atoms with Crippen molar-refractivity contribution in [2.24, 2.45) is 0 Å². The lowest BCUT2D eigenvalue weighted by Crippen LogP contribution is -2.38. The Hall–Kier alpha value is -3.77. The van der Waals surface area contributed by atoms with E-state index in [2.05, 4.69) is 15.1 Å². The minimum absolute atomic E-state index is 0.0838. The Morgan fingerprint density at radius 3 is 2.57 bits per heavy atom. The maximum Gasteiger partial charge on any atom is 0.305 e. The zero-order valence-corrected chi connectivity index (χ0v) is 20.2. The summed E-state index contributed by atoms with van der Waals surface area (Å²) in [5, 5.41) is 16.9. The summed E-state index contributed by atoms with van der Waals surface area (Å²) in [6.07, 6.45) is 0.632. The highest BCUT2D eigenvalue weighted by Crippen LogP contribution is 2.31. The SMILES string of the molecule is CC(=O)Nc1ccc(S(=O)(=O)NC(C=O)CC(=O)O)c(O[C@H](C)[C@H](C)n2ncc3ccccc32)c1. The quantitative estimate of drug-likeness (QED) is 0.337. The highest BCUT2D eigenvalue weighted by Gasteiger charge is 2.27. The first-order valence-electron chi connectivity index (χ1n) is 10.7. The van der Waals surface area contributed by atoms with Crippen molar-refractivity contribution in [2.75, 3.05) is 5.32 Å². The van der Waals surface area contributed by atoms with Crippen LogP contribution in [0.5, 0.6) is 5.75 Å². The number of carboxylic acid groups (broad SMARTS) is 1. The van der Waals surface area contributed by atoms with E-state index in [4.69, 9.17) is 9.84 Å². The molecule has 0 bridgehead atoms. The van der Waals surface area contributed by atoms with E-state index in [0.717, 1.165) is 10.9 Å². The van der Waals surface area contributed by atoms with E-state index in [0.29, 0.717) is 5.69 Å². The highest BCUT2D eigenvalue weighted by atomic mass is 32.2. The fourth-order valence-corrected chi connectivity index (χ4v) is 4.77. The van der Waals surface area contributed by atoms with Crippen molar-refractivity contribution in [3.05, 3.63) is 48.7 Å². The molecule has 1 amide bonds. The van der Waals surface area contributed by atoms with E-state index in [1.807, 2.05) is 31.2 Å². The molecule has 186 valence electrons. The second-order valence-corrected chi connectivity index (χ2v) is 9.70. The summed E-state index contributed by atoms with van der Waals surface area (Å²) in [6, 6.07) is 9.75. The molecule has 1 heterocycles. The van der Waals surface area contributed by atoms with Gasteiger partial charge in [0.15, 0.2) is 0 Å². The number of carbonyl (C=O) groups excluding carboxylic acids is 2. The molecule has 3 rings (SSSR count). The standard InChI is InChI=1S/C23H26N4O7S/c1-14(27-20-7-5-4-6-17(20)12-24-27)15(2)34-21-10-18(25-16(3)29)8-9-22(21)35(32,33)26-19(13-28)11-23(30)31/h4-10,12-15,19,26H,11H2,1-3H3,(H,25,29)(H,30,31)/t14-,15+,19?/m0/s1. The molecule has 3 atom stereocenters. The number of fused-ring (bicyclic) bond motifs is 1. The molecule has 1 unspecified atom stereocenters. The van der Waals surface area contributed by atoms with Gasteiger partial charge in [0, 0.05) is 24.1 Å². The number of amides is 1. The largest absolute Gasteiger partial charge is 0.487 e. The van der Waals surface area contributed by atoms with Crippen LogP contribution >= 0.6 is 0 Å². The van der Waals surface area contributed by atoms with Crippen molar-refractivity contribution in [2.45, 2.75) is 50.3 Å². The summed E-state index contributed by atoms with van der Waals surface area (Å²) in [4.78, 5) is 33.4. The molecule has 0 aliphatic carbocycles. The third kappa shape index (κ3) is 6.22. The van der Waals surface area contributed by atoms with Crippen molar-refractivity contribution >= 4 is 44.8 Å². The average molecular weight is 503 g/mol. The predicted molar refractivity (Wildman–Crippen MR) is 128 cm³/mol. The lowest BCUT2D eigenvalue weighted by atomic mass is 10.2. The molecule has 3 N–H and O–H groups in total. The third-order valence-electron chi connectivity index (χ3n) is 5.30. The molecule has 0 radical (unpaired) electrons. The molecule has 0 saturated carbocycles. The maximum absolute atomic E-state index is 13.0. The van der Waals surface area contributed by atoms with Gasteiger partial charge in [-0.25, -0.2) is 13.1 Å². The Morgan fingerprint density at radius 1 is 1.20 bits per heavy atom. The van der Waals surface area contributed by atoms with E-state index < -0.39 is 34.6 Å². The minimum Gasteiger partial charge on any atom is -0.487 e. The number of aromatic nitrogens is 2. The number of rotatable bonds is 11. The Balaban J connectivity index is 1.95. The summed E-state index contributed by atoms with van der Waals surface area (Å²) < 4.78 is 36.0. The second-order valence-electron chi connectivity index (χ2n) is 8.02. The fourth-order valence-electron chi connectivity index (χ4n) is 3.49. The van der Waals surface area contributed by atoms with Gasteiger partial charge in [-0.2, -0.15) is 5.10 Å². The minimum atomic E-state index is -4.36. The molecule has 35 heavy (non-hydrogen) atoms. The highest BCUT2D eigenvalue weighted by molar-refractivity contribution is 7.89. The summed E-state index contributed by atoms with van der Waals surface area (Å²) >= 11 is 0. The summed E-state index contributed by atoms with van der Waals surface area (Å²) in [5.74, 6) is -1.78. The van der Waals surface area contributed by atoms with Gasteiger partial charge in [0.1, 0.15) is 23.0 Å². The van der Waals surface area contributed by atoms with Crippen LogP contribution in [-0.4, -0.2) is 53.6 Å². The van der Waals surface area contributed by atoms with Crippen molar-refractivity contribution in [1.82, 2.24) is 14.5 Å². The van der Waals surface area contributed by atoms with Crippen molar-refractivity contribution in [1.29, 1.82) is 0 Å². The third-order valence-corrected chi connectivity index (χ3v) is 6.83. The first kappa shape index (κ1) is 25.8. The van der Waals surface area contributed by atoms with Gasteiger partial charge in [0.05, 0.1) is 30.2 Å². The van der Waals surface area contributed by atoms with Gasteiger partial charge in [0.25, 0.3) is 0 Å². The number of anilines is 1. The van der Waals surface area contributed by atoms with Gasteiger partial charge >= 0.3 is 5.97 Å².